The molecule has 126 valence electrons. The standard InChI is InChI=1S/C16H20N4O.2ClH/c1-16(10-17)6-8-19(11-16)15(21)13-2-4-14(5-3-13)20-9-7-18-12-20;;/h2-5,7,9,12H,6,8,10-11,17H2,1H3;2*1H. The van der Waals surface area contributed by atoms with Gasteiger partial charge >= 0.3 is 0 Å². The molecule has 1 aliphatic heterocycles. The van der Waals surface area contributed by atoms with E-state index < -0.39 is 0 Å². The first-order valence-electron chi connectivity index (χ1n) is 7.19. The molecule has 2 N–H and O–H groups in total. The third kappa shape index (κ3) is 4.05. The molecule has 0 radical (unpaired) electrons. The first-order chi connectivity index (χ1) is 10.1. The molecule has 1 unspecified atom stereocenters. The van der Waals surface area contributed by atoms with Crippen molar-refractivity contribution < 1.29 is 4.79 Å². The number of likely N-dealkylation sites (tertiary alicyclic amines) is 1. The molecule has 3 rings (SSSR count). The van der Waals surface area contributed by atoms with Gasteiger partial charge in [0.1, 0.15) is 0 Å². The number of carbonyl (C=O) groups excluding carboxylic acids is 1. The van der Waals surface area contributed by atoms with Crippen LogP contribution in [0.25, 0.3) is 5.69 Å². The van der Waals surface area contributed by atoms with Gasteiger partial charge in [-0.25, -0.2) is 4.98 Å². The van der Waals surface area contributed by atoms with Gasteiger partial charge in [0.15, 0.2) is 0 Å². The SMILES string of the molecule is CC1(CN)CCN(C(=O)c2ccc(-n3ccnc3)cc2)C1.Cl.Cl. The van der Waals surface area contributed by atoms with Crippen molar-refractivity contribution in [2.24, 2.45) is 11.1 Å². The van der Waals surface area contributed by atoms with E-state index in [0.29, 0.717) is 6.54 Å². The second-order valence-electron chi connectivity index (χ2n) is 6.01. The average molecular weight is 357 g/mol. The molecule has 23 heavy (non-hydrogen) atoms. The van der Waals surface area contributed by atoms with Gasteiger partial charge in [-0.15, -0.1) is 24.8 Å². The Hall–Kier alpha value is -1.56. The highest BCUT2D eigenvalue weighted by atomic mass is 35.5. The number of benzene rings is 1. The monoisotopic (exact) mass is 356 g/mol. The summed E-state index contributed by atoms with van der Waals surface area (Å²) in [6.07, 6.45) is 6.33. The number of nitrogens with zero attached hydrogens (tertiary/aromatic N) is 3. The lowest BCUT2D eigenvalue weighted by Crippen LogP contribution is -2.34. The van der Waals surface area contributed by atoms with Crippen LogP contribution in [-0.2, 0) is 0 Å². The molecule has 1 fully saturated rings. The Labute approximate surface area is 148 Å². The van der Waals surface area contributed by atoms with E-state index in [1.165, 1.54) is 0 Å². The molecule has 1 aromatic carbocycles. The first-order valence-corrected chi connectivity index (χ1v) is 7.19. The summed E-state index contributed by atoms with van der Waals surface area (Å²) in [5.74, 6) is 0.0874. The maximum atomic E-state index is 12.5. The summed E-state index contributed by atoms with van der Waals surface area (Å²) in [6.45, 7) is 4.29. The lowest BCUT2D eigenvalue weighted by Gasteiger charge is -2.22. The minimum Gasteiger partial charge on any atom is -0.338 e. The average Bonchev–Trinajstić information content (AvgIpc) is 3.17. The van der Waals surface area contributed by atoms with Crippen LogP contribution in [0.5, 0.6) is 0 Å². The molecule has 0 aliphatic carbocycles. The summed E-state index contributed by atoms with van der Waals surface area (Å²) in [5.41, 5.74) is 7.58. The minimum absolute atomic E-state index is 0. The lowest BCUT2D eigenvalue weighted by atomic mass is 9.90. The predicted octanol–water partition coefficient (Wildman–Crippen LogP) is 2.53. The first kappa shape index (κ1) is 19.5. The summed E-state index contributed by atoms with van der Waals surface area (Å²) >= 11 is 0. The molecule has 7 heteroatoms. The molecule has 1 amide bonds. The Balaban J connectivity index is 0.00000132. The number of halogens is 2. The van der Waals surface area contributed by atoms with Crippen molar-refractivity contribution in [3.63, 3.8) is 0 Å². The summed E-state index contributed by atoms with van der Waals surface area (Å²) in [4.78, 5) is 18.4. The maximum Gasteiger partial charge on any atom is 0.253 e. The van der Waals surface area contributed by atoms with E-state index in [4.69, 9.17) is 5.73 Å². The van der Waals surface area contributed by atoms with Gasteiger partial charge in [0.2, 0.25) is 0 Å². The van der Waals surface area contributed by atoms with Crippen LogP contribution in [0.15, 0.2) is 43.0 Å². The fourth-order valence-electron chi connectivity index (χ4n) is 2.73. The fraction of sp³-hybridized carbons (Fsp3) is 0.375. The van der Waals surface area contributed by atoms with Crippen LogP contribution in [0.3, 0.4) is 0 Å². The quantitative estimate of drug-likeness (QED) is 0.918. The van der Waals surface area contributed by atoms with E-state index in [0.717, 1.165) is 30.8 Å². The van der Waals surface area contributed by atoms with Crippen LogP contribution in [0, 0.1) is 5.41 Å². The molecule has 1 atom stereocenters. The van der Waals surface area contributed by atoms with Crippen LogP contribution in [-0.4, -0.2) is 40.0 Å². The smallest absolute Gasteiger partial charge is 0.253 e. The molecule has 1 aromatic heterocycles. The van der Waals surface area contributed by atoms with Crippen LogP contribution in [0.2, 0.25) is 0 Å². The van der Waals surface area contributed by atoms with E-state index in [-0.39, 0.29) is 36.1 Å². The number of amides is 1. The summed E-state index contributed by atoms with van der Waals surface area (Å²) in [6, 6.07) is 7.62. The largest absolute Gasteiger partial charge is 0.338 e. The van der Waals surface area contributed by atoms with Crippen molar-refractivity contribution in [3.8, 4) is 5.69 Å². The highest BCUT2D eigenvalue weighted by Crippen LogP contribution is 2.29. The van der Waals surface area contributed by atoms with Gasteiger partial charge in [-0.2, -0.15) is 0 Å². The van der Waals surface area contributed by atoms with E-state index in [9.17, 15) is 4.79 Å². The van der Waals surface area contributed by atoms with Gasteiger partial charge in [0, 0.05) is 36.7 Å². The predicted molar refractivity (Wildman–Crippen MR) is 95.7 cm³/mol. The van der Waals surface area contributed by atoms with E-state index in [1.807, 2.05) is 39.9 Å². The topological polar surface area (TPSA) is 64.2 Å². The Morgan fingerprint density at radius 2 is 2.00 bits per heavy atom. The van der Waals surface area contributed by atoms with Gasteiger partial charge in [-0.05, 0) is 42.6 Å². The molecule has 0 saturated carbocycles. The van der Waals surface area contributed by atoms with E-state index in [2.05, 4.69) is 11.9 Å². The van der Waals surface area contributed by atoms with E-state index >= 15 is 0 Å². The van der Waals surface area contributed by atoms with Gasteiger partial charge < -0.3 is 15.2 Å². The molecular weight excluding hydrogens is 335 g/mol. The van der Waals surface area contributed by atoms with Crippen molar-refractivity contribution in [3.05, 3.63) is 48.5 Å². The number of imidazole rings is 1. The van der Waals surface area contributed by atoms with Crippen LogP contribution < -0.4 is 5.73 Å². The molecule has 5 nitrogen and oxygen atoms in total. The minimum atomic E-state index is 0. The van der Waals surface area contributed by atoms with Crippen LogP contribution >= 0.6 is 24.8 Å². The summed E-state index contributed by atoms with van der Waals surface area (Å²) in [5, 5.41) is 0. The Bertz CT molecular complexity index is 630. The van der Waals surface area contributed by atoms with Crippen LogP contribution in [0.1, 0.15) is 23.7 Å². The molecule has 0 spiro atoms. The second kappa shape index (κ2) is 7.81. The maximum absolute atomic E-state index is 12.5. The van der Waals surface area contributed by atoms with Crippen molar-refractivity contribution in [2.75, 3.05) is 19.6 Å². The van der Waals surface area contributed by atoms with Crippen molar-refractivity contribution in [1.29, 1.82) is 0 Å². The zero-order chi connectivity index (χ0) is 14.9. The summed E-state index contributed by atoms with van der Waals surface area (Å²) < 4.78 is 1.91. The number of nitrogens with two attached hydrogens (primary N) is 1. The Morgan fingerprint density at radius 3 is 2.52 bits per heavy atom. The molecular formula is C16H22Cl2N4O. The molecule has 2 heterocycles. The third-order valence-corrected chi connectivity index (χ3v) is 4.25. The van der Waals surface area contributed by atoms with Gasteiger partial charge in [0.05, 0.1) is 6.33 Å². The number of rotatable bonds is 3. The molecule has 2 aromatic rings. The number of aromatic nitrogens is 2. The third-order valence-electron chi connectivity index (χ3n) is 4.25. The molecule has 1 saturated heterocycles. The van der Waals surface area contributed by atoms with Crippen LogP contribution in [0.4, 0.5) is 0 Å². The van der Waals surface area contributed by atoms with Gasteiger partial charge in [0.25, 0.3) is 5.91 Å². The van der Waals surface area contributed by atoms with Crippen molar-refractivity contribution in [1.82, 2.24) is 14.5 Å². The number of hydrogen-bond donors (Lipinski definition) is 1. The Morgan fingerprint density at radius 1 is 1.30 bits per heavy atom. The fourth-order valence-corrected chi connectivity index (χ4v) is 2.73. The van der Waals surface area contributed by atoms with Crippen molar-refractivity contribution in [2.45, 2.75) is 13.3 Å². The zero-order valence-corrected chi connectivity index (χ0v) is 14.6. The normalized spacial score (nSPS) is 19.8. The van der Waals surface area contributed by atoms with Gasteiger partial charge in [-0.3, -0.25) is 4.79 Å². The van der Waals surface area contributed by atoms with Gasteiger partial charge in [-0.1, -0.05) is 6.92 Å². The summed E-state index contributed by atoms with van der Waals surface area (Å²) in [7, 11) is 0. The number of hydrogen-bond acceptors (Lipinski definition) is 3. The van der Waals surface area contributed by atoms with Crippen molar-refractivity contribution >= 4 is 30.7 Å². The molecule has 1 aliphatic rings. The highest BCUT2D eigenvalue weighted by Gasteiger charge is 2.35. The van der Waals surface area contributed by atoms with E-state index in [1.54, 1.807) is 12.5 Å². The Kier molecular flexibility index (Phi) is 6.62. The second-order valence-corrected chi connectivity index (χ2v) is 6.01. The zero-order valence-electron chi connectivity index (χ0n) is 13.0. The lowest BCUT2D eigenvalue weighted by molar-refractivity contribution is 0.0777. The molecule has 0 bridgehead atoms. The highest BCUT2D eigenvalue weighted by molar-refractivity contribution is 5.94. The number of carbonyl (C=O) groups is 1.